The minimum Gasteiger partial charge on any atom is -0.508 e. The van der Waals surface area contributed by atoms with Crippen molar-refractivity contribution in [2.24, 2.45) is 0 Å². The van der Waals surface area contributed by atoms with Crippen LogP contribution in [0.5, 0.6) is 23.0 Å². The Morgan fingerprint density at radius 2 is 1.58 bits per heavy atom. The topological polar surface area (TPSA) is 87.0 Å². The highest BCUT2D eigenvalue weighted by Gasteiger charge is 2.18. The van der Waals surface area contributed by atoms with Gasteiger partial charge in [-0.25, -0.2) is 0 Å². The van der Waals surface area contributed by atoms with E-state index in [9.17, 15) is 15.0 Å². The van der Waals surface area contributed by atoms with Crippen molar-refractivity contribution < 1.29 is 24.9 Å². The van der Waals surface area contributed by atoms with E-state index in [4.69, 9.17) is 9.84 Å². The Morgan fingerprint density at radius 1 is 1.00 bits per heavy atom. The fourth-order valence-corrected chi connectivity index (χ4v) is 1.62. The van der Waals surface area contributed by atoms with Gasteiger partial charge in [0.2, 0.25) is 5.78 Å². The number of hydrogen-bond donors (Lipinski definition) is 3. The van der Waals surface area contributed by atoms with Crippen molar-refractivity contribution in [3.8, 4) is 23.0 Å². The van der Waals surface area contributed by atoms with Crippen LogP contribution >= 0.6 is 0 Å². The second-order valence-corrected chi connectivity index (χ2v) is 3.88. The molecular formula is C14H12O5. The molecule has 5 nitrogen and oxygen atoms in total. The van der Waals surface area contributed by atoms with Crippen LogP contribution < -0.4 is 4.74 Å². The zero-order valence-corrected chi connectivity index (χ0v) is 9.91. The lowest BCUT2D eigenvalue weighted by molar-refractivity contribution is 0.0916. The summed E-state index contributed by atoms with van der Waals surface area (Å²) in [5, 5.41) is 28.2. The molecule has 0 aliphatic rings. The van der Waals surface area contributed by atoms with Crippen LogP contribution in [0.1, 0.15) is 10.4 Å². The molecule has 0 fully saturated rings. The maximum absolute atomic E-state index is 11.8. The van der Waals surface area contributed by atoms with Gasteiger partial charge in [0.25, 0.3) is 0 Å². The fourth-order valence-electron chi connectivity index (χ4n) is 1.62. The largest absolute Gasteiger partial charge is 0.508 e. The molecule has 0 saturated carbocycles. The number of ether oxygens (including phenoxy) is 1. The monoisotopic (exact) mass is 260 g/mol. The van der Waals surface area contributed by atoms with Crippen LogP contribution in [0.2, 0.25) is 0 Å². The third-order valence-corrected chi connectivity index (χ3v) is 2.47. The van der Waals surface area contributed by atoms with Crippen molar-refractivity contribution >= 4 is 5.78 Å². The van der Waals surface area contributed by atoms with Crippen LogP contribution in [0.25, 0.3) is 0 Å². The predicted octanol–water partition coefficient (Wildman–Crippen LogP) is 2.07. The van der Waals surface area contributed by atoms with E-state index in [1.165, 1.54) is 0 Å². The van der Waals surface area contributed by atoms with E-state index in [-0.39, 0.29) is 17.9 Å². The Morgan fingerprint density at radius 3 is 2.16 bits per heavy atom. The zero-order chi connectivity index (χ0) is 13.8. The van der Waals surface area contributed by atoms with Gasteiger partial charge in [-0.2, -0.15) is 0 Å². The lowest BCUT2D eigenvalue weighted by Crippen LogP contribution is -2.12. The molecule has 0 aliphatic carbocycles. The zero-order valence-electron chi connectivity index (χ0n) is 9.91. The molecule has 0 aromatic heterocycles. The standard InChI is InChI=1S/C14H12O5/c15-9-6-11(16)14(12(17)7-9)13(18)8-19-10-4-2-1-3-5-10/h1-7,15-17H,8H2. The molecule has 0 atom stereocenters. The average molecular weight is 260 g/mol. The molecule has 2 rings (SSSR count). The van der Waals surface area contributed by atoms with Crippen molar-refractivity contribution in [2.75, 3.05) is 6.61 Å². The lowest BCUT2D eigenvalue weighted by Gasteiger charge is -2.08. The average Bonchev–Trinajstić information content (AvgIpc) is 2.36. The smallest absolute Gasteiger partial charge is 0.207 e. The summed E-state index contributed by atoms with van der Waals surface area (Å²) in [4.78, 5) is 11.8. The number of phenols is 3. The van der Waals surface area contributed by atoms with Gasteiger partial charge in [0, 0.05) is 12.1 Å². The summed E-state index contributed by atoms with van der Waals surface area (Å²) in [6.45, 7) is -0.324. The first-order valence-electron chi connectivity index (χ1n) is 5.54. The van der Waals surface area contributed by atoms with Gasteiger partial charge in [0.1, 0.15) is 28.6 Å². The van der Waals surface area contributed by atoms with Crippen molar-refractivity contribution in [3.63, 3.8) is 0 Å². The first kappa shape index (κ1) is 12.8. The Bertz CT molecular complexity index is 569. The molecule has 0 saturated heterocycles. The number of phenolic OH excluding ortho intramolecular Hbond substituents is 3. The van der Waals surface area contributed by atoms with E-state index in [1.54, 1.807) is 24.3 Å². The summed E-state index contributed by atoms with van der Waals surface area (Å²) in [6.07, 6.45) is 0. The highest BCUT2D eigenvalue weighted by Crippen LogP contribution is 2.32. The number of aromatic hydroxyl groups is 3. The first-order valence-corrected chi connectivity index (χ1v) is 5.54. The molecule has 0 bridgehead atoms. The molecule has 0 aliphatic heterocycles. The number of hydrogen-bond acceptors (Lipinski definition) is 5. The van der Waals surface area contributed by atoms with Crippen LogP contribution in [-0.4, -0.2) is 27.7 Å². The molecule has 5 heteroatoms. The molecule has 0 heterocycles. The SMILES string of the molecule is O=C(COc1ccccc1)c1c(O)cc(O)cc1O. The van der Waals surface area contributed by atoms with Crippen LogP contribution in [0, 0.1) is 0 Å². The quantitative estimate of drug-likeness (QED) is 0.732. The number of para-hydroxylation sites is 1. The number of carbonyl (C=O) groups excluding carboxylic acids is 1. The van der Waals surface area contributed by atoms with E-state index < -0.39 is 17.3 Å². The van der Waals surface area contributed by atoms with Gasteiger partial charge in [0.15, 0.2) is 6.61 Å². The minimum atomic E-state index is -0.584. The summed E-state index contributed by atoms with van der Waals surface area (Å²) < 4.78 is 5.23. The molecular weight excluding hydrogens is 248 g/mol. The Hall–Kier alpha value is -2.69. The van der Waals surface area contributed by atoms with Gasteiger partial charge in [0.05, 0.1) is 0 Å². The van der Waals surface area contributed by atoms with E-state index in [2.05, 4.69) is 0 Å². The molecule has 0 radical (unpaired) electrons. The molecule has 0 spiro atoms. The molecule has 98 valence electrons. The van der Waals surface area contributed by atoms with Gasteiger partial charge < -0.3 is 20.1 Å². The molecule has 19 heavy (non-hydrogen) atoms. The first-order chi connectivity index (χ1) is 9.08. The van der Waals surface area contributed by atoms with Crippen LogP contribution in [0.4, 0.5) is 0 Å². The lowest BCUT2D eigenvalue weighted by atomic mass is 10.1. The minimum absolute atomic E-state index is 0.270. The van der Waals surface area contributed by atoms with Gasteiger partial charge in [-0.15, -0.1) is 0 Å². The Kier molecular flexibility index (Phi) is 3.56. The predicted molar refractivity (Wildman–Crippen MR) is 67.7 cm³/mol. The van der Waals surface area contributed by atoms with Gasteiger partial charge in [-0.05, 0) is 12.1 Å². The number of benzene rings is 2. The number of Topliss-reactive ketones (excluding diaryl/α,β-unsaturated/α-hetero) is 1. The summed E-state index contributed by atoms with van der Waals surface area (Å²) in [6, 6.07) is 10.7. The summed E-state index contributed by atoms with van der Waals surface area (Å²) >= 11 is 0. The Balaban J connectivity index is 2.13. The van der Waals surface area contributed by atoms with E-state index in [0.717, 1.165) is 12.1 Å². The van der Waals surface area contributed by atoms with Gasteiger partial charge >= 0.3 is 0 Å². The van der Waals surface area contributed by atoms with Crippen LogP contribution in [0.3, 0.4) is 0 Å². The molecule has 2 aromatic rings. The number of rotatable bonds is 4. The second kappa shape index (κ2) is 5.30. The highest BCUT2D eigenvalue weighted by atomic mass is 16.5. The fraction of sp³-hybridized carbons (Fsp3) is 0.0714. The van der Waals surface area contributed by atoms with E-state index in [0.29, 0.717) is 5.75 Å². The normalized spacial score (nSPS) is 10.1. The summed E-state index contributed by atoms with van der Waals surface area (Å²) in [5.41, 5.74) is -0.270. The van der Waals surface area contributed by atoms with Crippen molar-refractivity contribution in [1.29, 1.82) is 0 Å². The van der Waals surface area contributed by atoms with Crippen LogP contribution in [0.15, 0.2) is 42.5 Å². The number of ketones is 1. The maximum atomic E-state index is 11.8. The molecule has 2 aromatic carbocycles. The van der Waals surface area contributed by atoms with Crippen molar-refractivity contribution in [3.05, 3.63) is 48.0 Å². The van der Waals surface area contributed by atoms with Gasteiger partial charge in [-0.1, -0.05) is 18.2 Å². The van der Waals surface area contributed by atoms with E-state index >= 15 is 0 Å². The summed E-state index contributed by atoms with van der Waals surface area (Å²) in [5.74, 6) is -1.37. The Labute approximate surface area is 109 Å². The van der Waals surface area contributed by atoms with Crippen LogP contribution in [-0.2, 0) is 0 Å². The second-order valence-electron chi connectivity index (χ2n) is 3.88. The number of carbonyl (C=O) groups is 1. The molecule has 0 unspecified atom stereocenters. The molecule has 0 amide bonds. The summed E-state index contributed by atoms with van der Waals surface area (Å²) in [7, 11) is 0. The maximum Gasteiger partial charge on any atom is 0.207 e. The third kappa shape index (κ3) is 2.95. The van der Waals surface area contributed by atoms with Gasteiger partial charge in [-0.3, -0.25) is 4.79 Å². The van der Waals surface area contributed by atoms with Crippen molar-refractivity contribution in [2.45, 2.75) is 0 Å². The third-order valence-electron chi connectivity index (χ3n) is 2.47. The highest BCUT2D eigenvalue weighted by molar-refractivity contribution is 6.02. The van der Waals surface area contributed by atoms with E-state index in [1.807, 2.05) is 6.07 Å². The molecule has 3 N–H and O–H groups in total. The van der Waals surface area contributed by atoms with Crippen molar-refractivity contribution in [1.82, 2.24) is 0 Å².